The van der Waals surface area contributed by atoms with Gasteiger partial charge in [-0.15, -0.1) is 0 Å². The lowest BCUT2D eigenvalue weighted by Gasteiger charge is -2.61. The normalized spacial score (nSPS) is 47.1. The van der Waals surface area contributed by atoms with E-state index in [0.717, 1.165) is 38.5 Å². The molecule has 0 saturated heterocycles. The van der Waals surface area contributed by atoms with E-state index in [0.29, 0.717) is 29.1 Å². The minimum absolute atomic E-state index is 0.000480. The number of esters is 1. The number of hydrogen-bond acceptors (Lipinski definition) is 6. The fourth-order valence-corrected chi connectivity index (χ4v) is 8.57. The third-order valence-corrected chi connectivity index (χ3v) is 9.95. The second-order valence-electron chi connectivity index (χ2n) is 11.0. The van der Waals surface area contributed by atoms with Gasteiger partial charge in [0.25, 0.3) is 0 Å². The summed E-state index contributed by atoms with van der Waals surface area (Å²) in [6.07, 6.45) is 9.90. The molecule has 0 amide bonds. The summed E-state index contributed by atoms with van der Waals surface area (Å²) in [5, 5.41) is 18.9. The minimum atomic E-state index is -1.36. The average Bonchev–Trinajstić information content (AvgIpc) is 3.05. The topological polar surface area (TPSA) is 85.2 Å². The lowest BCUT2D eigenvalue weighted by Crippen LogP contribution is -2.56. The van der Waals surface area contributed by atoms with Gasteiger partial charge in [0.05, 0.1) is 0 Å². The van der Waals surface area contributed by atoms with E-state index in [1.165, 1.54) is 26.2 Å². The van der Waals surface area contributed by atoms with Crippen LogP contribution in [0.25, 0.3) is 0 Å². The van der Waals surface area contributed by atoms with E-state index in [1.807, 2.05) is 0 Å². The summed E-state index contributed by atoms with van der Waals surface area (Å²) in [5.41, 5.74) is 0.322. The van der Waals surface area contributed by atoms with E-state index >= 15 is 0 Å². The molecule has 0 bridgehead atoms. The highest BCUT2D eigenvalue weighted by atomic mass is 17.2. The maximum atomic E-state index is 11.4. The van der Waals surface area contributed by atoms with Crippen LogP contribution in [0.2, 0.25) is 0 Å². The molecule has 4 aliphatic carbocycles. The Kier molecular flexibility index (Phi) is 5.55. The summed E-state index contributed by atoms with van der Waals surface area (Å²) in [6.45, 7) is 7.97. The smallest absolute Gasteiger partial charge is 0.302 e. The van der Waals surface area contributed by atoms with E-state index in [2.05, 4.69) is 23.6 Å². The van der Waals surface area contributed by atoms with E-state index in [-0.39, 0.29) is 23.4 Å². The first kappa shape index (κ1) is 21.5. The molecule has 0 aromatic carbocycles. The molecule has 6 nitrogen and oxygen atoms in total. The molecule has 0 heterocycles. The molecule has 2 N–H and O–H groups in total. The summed E-state index contributed by atoms with van der Waals surface area (Å²) in [7, 11) is 0. The van der Waals surface area contributed by atoms with Gasteiger partial charge in [-0.25, -0.2) is 20.3 Å². The van der Waals surface area contributed by atoms with Crippen molar-refractivity contribution in [1.82, 2.24) is 0 Å². The van der Waals surface area contributed by atoms with Crippen LogP contribution >= 0.6 is 0 Å². The Morgan fingerprint density at radius 3 is 2.24 bits per heavy atom. The van der Waals surface area contributed by atoms with Crippen molar-refractivity contribution in [3.8, 4) is 0 Å². The Hall–Kier alpha value is -0.690. The van der Waals surface area contributed by atoms with E-state index in [9.17, 15) is 15.3 Å². The molecule has 0 spiro atoms. The standard InChI is InChI=1S/C23H38O6/c1-14(24)27-16-9-11-21(2)15(13-16)5-6-17-18-7-8-20(23(4,28-25)29-26)22(18,3)12-10-19(17)21/h15-20,25-26H,5-13H2,1-4H3/t15?,16?,17-,18-,19-,20?,21-,22-/m0/s1. The lowest BCUT2D eigenvalue weighted by atomic mass is 9.44. The third-order valence-electron chi connectivity index (χ3n) is 9.95. The molecule has 4 saturated carbocycles. The van der Waals surface area contributed by atoms with Crippen molar-refractivity contribution < 1.29 is 29.8 Å². The molecule has 3 unspecified atom stereocenters. The second-order valence-corrected chi connectivity index (χ2v) is 11.0. The maximum Gasteiger partial charge on any atom is 0.302 e. The highest BCUT2D eigenvalue weighted by Gasteiger charge is 2.63. The zero-order valence-electron chi connectivity index (χ0n) is 18.4. The lowest BCUT2D eigenvalue weighted by molar-refractivity contribution is -0.500. The van der Waals surface area contributed by atoms with Gasteiger partial charge in [0, 0.05) is 12.8 Å². The van der Waals surface area contributed by atoms with Crippen molar-refractivity contribution in [2.24, 2.45) is 40.4 Å². The maximum absolute atomic E-state index is 11.4. The third kappa shape index (κ3) is 3.26. The van der Waals surface area contributed by atoms with Gasteiger partial charge in [-0.1, -0.05) is 13.8 Å². The van der Waals surface area contributed by atoms with Gasteiger partial charge in [-0.05, 0) is 99.2 Å². The average molecular weight is 411 g/mol. The number of rotatable bonds is 4. The first-order valence-electron chi connectivity index (χ1n) is 11.5. The predicted octanol–water partition coefficient (Wildman–Crippen LogP) is 5.27. The predicted molar refractivity (Wildman–Crippen MR) is 107 cm³/mol. The Balaban J connectivity index is 1.54. The number of carbonyl (C=O) groups excluding carboxylic acids is 1. The number of fused-ring (bicyclic) bond motifs is 5. The zero-order chi connectivity index (χ0) is 21.0. The molecule has 4 aliphatic rings. The van der Waals surface area contributed by atoms with Crippen molar-refractivity contribution in [2.75, 3.05) is 0 Å². The fraction of sp³-hybridized carbons (Fsp3) is 0.957. The Labute approximate surface area is 174 Å². The molecule has 29 heavy (non-hydrogen) atoms. The molecule has 6 heteroatoms. The summed E-state index contributed by atoms with van der Waals surface area (Å²) < 4.78 is 5.57. The number of ether oxygens (including phenoxy) is 1. The van der Waals surface area contributed by atoms with Gasteiger partial charge < -0.3 is 4.74 Å². The summed E-state index contributed by atoms with van der Waals surface area (Å²) in [5.74, 6) is 1.04. The van der Waals surface area contributed by atoms with Crippen LogP contribution in [0.3, 0.4) is 0 Å². The Bertz CT molecular complexity index is 633. The van der Waals surface area contributed by atoms with Crippen LogP contribution in [-0.4, -0.2) is 28.4 Å². The van der Waals surface area contributed by atoms with Gasteiger partial charge in [0.2, 0.25) is 5.79 Å². The van der Waals surface area contributed by atoms with Crippen molar-refractivity contribution in [1.29, 1.82) is 0 Å². The summed E-state index contributed by atoms with van der Waals surface area (Å²) >= 11 is 0. The highest BCUT2D eigenvalue weighted by Crippen LogP contribution is 2.68. The Morgan fingerprint density at radius 2 is 1.59 bits per heavy atom. The van der Waals surface area contributed by atoms with Crippen molar-refractivity contribution in [3.05, 3.63) is 0 Å². The van der Waals surface area contributed by atoms with Crippen LogP contribution in [-0.2, 0) is 19.3 Å². The number of carbonyl (C=O) groups is 1. The quantitative estimate of drug-likeness (QED) is 0.284. The molecule has 4 rings (SSSR count). The van der Waals surface area contributed by atoms with Crippen LogP contribution in [0.4, 0.5) is 0 Å². The summed E-state index contributed by atoms with van der Waals surface area (Å²) in [6, 6.07) is 0. The summed E-state index contributed by atoms with van der Waals surface area (Å²) in [4.78, 5) is 20.7. The fourth-order valence-electron chi connectivity index (χ4n) is 8.57. The molecule has 0 aromatic heterocycles. The van der Waals surface area contributed by atoms with Crippen molar-refractivity contribution in [2.45, 2.75) is 97.4 Å². The molecule has 4 fully saturated rings. The molecule has 0 radical (unpaired) electrons. The molecular weight excluding hydrogens is 372 g/mol. The van der Waals surface area contributed by atoms with Crippen LogP contribution < -0.4 is 0 Å². The Morgan fingerprint density at radius 1 is 0.931 bits per heavy atom. The van der Waals surface area contributed by atoms with Crippen LogP contribution in [0.5, 0.6) is 0 Å². The largest absolute Gasteiger partial charge is 0.463 e. The van der Waals surface area contributed by atoms with Gasteiger partial charge in [-0.3, -0.25) is 4.79 Å². The van der Waals surface area contributed by atoms with Crippen molar-refractivity contribution in [3.63, 3.8) is 0 Å². The monoisotopic (exact) mass is 410 g/mol. The van der Waals surface area contributed by atoms with Gasteiger partial charge >= 0.3 is 5.97 Å². The molecule has 166 valence electrons. The first-order chi connectivity index (χ1) is 13.7. The minimum Gasteiger partial charge on any atom is -0.463 e. The zero-order valence-corrected chi connectivity index (χ0v) is 18.4. The van der Waals surface area contributed by atoms with Gasteiger partial charge in [0.1, 0.15) is 6.10 Å². The molecule has 0 aromatic rings. The first-order valence-corrected chi connectivity index (χ1v) is 11.5. The van der Waals surface area contributed by atoms with E-state index in [4.69, 9.17) is 4.74 Å². The van der Waals surface area contributed by atoms with Crippen molar-refractivity contribution >= 4 is 5.97 Å². The highest BCUT2D eigenvalue weighted by molar-refractivity contribution is 5.66. The van der Waals surface area contributed by atoms with Gasteiger partial charge in [0.15, 0.2) is 0 Å². The van der Waals surface area contributed by atoms with Crippen LogP contribution in [0, 0.1) is 40.4 Å². The van der Waals surface area contributed by atoms with Crippen LogP contribution in [0.1, 0.15) is 85.5 Å². The van der Waals surface area contributed by atoms with Crippen LogP contribution in [0.15, 0.2) is 0 Å². The number of hydrogen-bond donors (Lipinski definition) is 2. The van der Waals surface area contributed by atoms with E-state index in [1.54, 1.807) is 6.92 Å². The molecular formula is C23H38O6. The van der Waals surface area contributed by atoms with E-state index < -0.39 is 5.79 Å². The molecule has 8 atom stereocenters. The second kappa shape index (κ2) is 7.47. The van der Waals surface area contributed by atoms with Gasteiger partial charge in [-0.2, -0.15) is 0 Å². The SMILES string of the molecule is CC(=O)OC1CC[C@@]2(C)C(CC[C@@H]3[C@@H]2CC[C@]2(C)C(C(C)(OO)OO)CC[C@@H]32)C1. The molecule has 0 aliphatic heterocycles.